The van der Waals surface area contributed by atoms with Crippen LogP contribution < -0.4 is 5.32 Å². The molecular formula is C7H7N5. The molecule has 1 N–H and O–H groups in total. The Hall–Kier alpha value is -1.49. The number of hydrogen-bond donors (Lipinski definition) is 1. The molecule has 0 unspecified atom stereocenters. The van der Waals surface area contributed by atoms with Crippen LogP contribution in [0, 0.1) is 0 Å². The largest absolute Gasteiger partial charge is 0.307 e. The summed E-state index contributed by atoms with van der Waals surface area (Å²) >= 11 is 0. The molecule has 2 aromatic heterocycles. The molecule has 0 saturated heterocycles. The molecule has 0 spiro atoms. The molecule has 0 aliphatic carbocycles. The van der Waals surface area contributed by atoms with E-state index in [2.05, 4.69) is 20.5 Å². The van der Waals surface area contributed by atoms with Crippen molar-refractivity contribution >= 4 is 5.65 Å². The van der Waals surface area contributed by atoms with E-state index in [1.165, 1.54) is 5.56 Å². The highest BCUT2D eigenvalue weighted by Crippen LogP contribution is 2.16. The Morgan fingerprint density at radius 2 is 2.33 bits per heavy atom. The Bertz CT molecular complexity index is 432. The summed E-state index contributed by atoms with van der Waals surface area (Å²) in [4.78, 5) is 4.21. The molecule has 5 heteroatoms. The predicted molar refractivity (Wildman–Crippen MR) is 41.3 cm³/mol. The van der Waals surface area contributed by atoms with E-state index in [4.69, 9.17) is 0 Å². The summed E-state index contributed by atoms with van der Waals surface area (Å²) in [5.74, 6) is 0. The highest BCUT2D eigenvalue weighted by Gasteiger charge is 2.18. The van der Waals surface area contributed by atoms with Gasteiger partial charge in [-0.3, -0.25) is 0 Å². The molecule has 0 bridgehead atoms. The maximum atomic E-state index is 4.27. The van der Waals surface area contributed by atoms with E-state index in [1.807, 2.05) is 0 Å². The van der Waals surface area contributed by atoms with E-state index in [0.717, 1.165) is 24.4 Å². The van der Waals surface area contributed by atoms with Crippen molar-refractivity contribution in [1.82, 2.24) is 25.1 Å². The molecule has 1 aliphatic rings. The molecule has 3 heterocycles. The van der Waals surface area contributed by atoms with Crippen molar-refractivity contribution in [2.45, 2.75) is 13.1 Å². The lowest BCUT2D eigenvalue weighted by molar-refractivity contribution is 0.702. The Kier molecular flexibility index (Phi) is 1.02. The minimum Gasteiger partial charge on any atom is -0.307 e. The molecule has 3 rings (SSSR count). The third-order valence-corrected chi connectivity index (χ3v) is 2.06. The molecule has 5 nitrogen and oxygen atoms in total. The Balaban J connectivity index is 2.44. The molecule has 0 amide bonds. The van der Waals surface area contributed by atoms with Crippen molar-refractivity contribution in [2.24, 2.45) is 0 Å². The summed E-state index contributed by atoms with van der Waals surface area (Å²) in [5.41, 5.74) is 3.13. The lowest BCUT2D eigenvalue weighted by atomic mass is 10.3. The summed E-state index contributed by atoms with van der Waals surface area (Å²) in [6, 6.07) is 0. The van der Waals surface area contributed by atoms with Gasteiger partial charge in [0.2, 0.25) is 0 Å². The van der Waals surface area contributed by atoms with Crippen LogP contribution in [0.15, 0.2) is 12.4 Å². The quantitative estimate of drug-likeness (QED) is 0.577. The zero-order valence-corrected chi connectivity index (χ0v) is 6.36. The minimum atomic E-state index is 0.834. The normalized spacial score (nSPS) is 15.3. The van der Waals surface area contributed by atoms with Gasteiger partial charge in [0, 0.05) is 24.8 Å². The molecule has 0 aromatic carbocycles. The zero-order chi connectivity index (χ0) is 7.97. The number of hydrogen-bond acceptors (Lipinski definition) is 4. The van der Waals surface area contributed by atoms with Crippen LogP contribution in [0.4, 0.5) is 0 Å². The Morgan fingerprint density at radius 3 is 3.33 bits per heavy atom. The number of nitrogens with zero attached hydrogens (tertiary/aromatic N) is 4. The maximum Gasteiger partial charge on any atom is 0.180 e. The first-order valence-corrected chi connectivity index (χ1v) is 3.83. The Labute approximate surface area is 68.4 Å². The van der Waals surface area contributed by atoms with Crippen LogP contribution in [0.3, 0.4) is 0 Å². The van der Waals surface area contributed by atoms with E-state index in [9.17, 15) is 0 Å². The first-order chi connectivity index (χ1) is 5.95. The summed E-state index contributed by atoms with van der Waals surface area (Å²) in [5, 5.41) is 11.5. The predicted octanol–water partition coefficient (Wildman–Crippen LogP) is -0.273. The molecule has 60 valence electrons. The second-order valence-corrected chi connectivity index (χ2v) is 2.78. The van der Waals surface area contributed by atoms with E-state index in [1.54, 1.807) is 17.0 Å². The molecule has 1 aliphatic heterocycles. The average molecular weight is 161 g/mol. The standard InChI is InChI=1S/C7H7N5/c1-2-10-12-7(9-1)5-3-8-4-6(5)11-12/h1-2,8H,3-4H2. The van der Waals surface area contributed by atoms with Crippen LogP contribution in [0.5, 0.6) is 0 Å². The van der Waals surface area contributed by atoms with Gasteiger partial charge in [-0.05, 0) is 0 Å². The van der Waals surface area contributed by atoms with Crippen molar-refractivity contribution in [1.29, 1.82) is 0 Å². The molecule has 2 aromatic rings. The number of aromatic nitrogens is 4. The highest BCUT2D eigenvalue weighted by atomic mass is 15.4. The van der Waals surface area contributed by atoms with E-state index >= 15 is 0 Å². The van der Waals surface area contributed by atoms with Crippen molar-refractivity contribution < 1.29 is 0 Å². The zero-order valence-electron chi connectivity index (χ0n) is 6.36. The van der Waals surface area contributed by atoms with Crippen LogP contribution in [0.2, 0.25) is 0 Å². The van der Waals surface area contributed by atoms with Gasteiger partial charge in [0.05, 0.1) is 11.9 Å². The fraction of sp³-hybridized carbons (Fsp3) is 0.286. The number of nitrogens with one attached hydrogen (secondary N) is 1. The van der Waals surface area contributed by atoms with Crippen LogP contribution in [0.1, 0.15) is 11.3 Å². The van der Waals surface area contributed by atoms with Gasteiger partial charge < -0.3 is 5.32 Å². The van der Waals surface area contributed by atoms with E-state index in [-0.39, 0.29) is 0 Å². The summed E-state index contributed by atoms with van der Waals surface area (Å²) in [6.07, 6.45) is 3.33. The molecule has 0 fully saturated rings. The van der Waals surface area contributed by atoms with Gasteiger partial charge in [-0.2, -0.15) is 10.2 Å². The fourth-order valence-corrected chi connectivity index (χ4v) is 1.51. The van der Waals surface area contributed by atoms with Crippen LogP contribution in [-0.4, -0.2) is 19.8 Å². The average Bonchev–Trinajstić information content (AvgIpc) is 2.62. The molecule has 12 heavy (non-hydrogen) atoms. The third-order valence-electron chi connectivity index (χ3n) is 2.06. The van der Waals surface area contributed by atoms with Gasteiger partial charge in [-0.15, -0.1) is 4.63 Å². The summed E-state index contributed by atoms with van der Waals surface area (Å²) in [7, 11) is 0. The topological polar surface area (TPSA) is 55.1 Å². The second kappa shape index (κ2) is 2.01. The SMILES string of the molecule is c1cnn2nc3c(c2n1)CNC3. The molecular weight excluding hydrogens is 154 g/mol. The lowest BCUT2D eigenvalue weighted by Crippen LogP contribution is -2.05. The van der Waals surface area contributed by atoms with Crippen LogP contribution in [0.25, 0.3) is 5.65 Å². The maximum absolute atomic E-state index is 4.27. The van der Waals surface area contributed by atoms with Gasteiger partial charge >= 0.3 is 0 Å². The van der Waals surface area contributed by atoms with Gasteiger partial charge in [0.1, 0.15) is 0 Å². The van der Waals surface area contributed by atoms with Crippen LogP contribution >= 0.6 is 0 Å². The number of rotatable bonds is 0. The smallest absolute Gasteiger partial charge is 0.180 e. The van der Waals surface area contributed by atoms with E-state index in [0.29, 0.717) is 0 Å². The summed E-state index contributed by atoms with van der Waals surface area (Å²) < 4.78 is 1.59. The fourth-order valence-electron chi connectivity index (χ4n) is 1.51. The van der Waals surface area contributed by atoms with Crippen molar-refractivity contribution in [3.05, 3.63) is 23.7 Å². The lowest BCUT2D eigenvalue weighted by Gasteiger charge is -1.91. The number of fused-ring (bicyclic) bond motifs is 3. The monoisotopic (exact) mass is 161 g/mol. The van der Waals surface area contributed by atoms with Crippen molar-refractivity contribution in [2.75, 3.05) is 0 Å². The summed E-state index contributed by atoms with van der Waals surface area (Å²) in [6.45, 7) is 1.69. The van der Waals surface area contributed by atoms with Gasteiger partial charge in [-0.1, -0.05) is 0 Å². The molecule has 0 radical (unpaired) electrons. The Morgan fingerprint density at radius 1 is 1.33 bits per heavy atom. The van der Waals surface area contributed by atoms with Crippen molar-refractivity contribution in [3.63, 3.8) is 0 Å². The first kappa shape index (κ1) is 6.07. The third kappa shape index (κ3) is 0.634. The second-order valence-electron chi connectivity index (χ2n) is 2.78. The molecule has 0 saturated carbocycles. The van der Waals surface area contributed by atoms with Crippen molar-refractivity contribution in [3.8, 4) is 0 Å². The van der Waals surface area contributed by atoms with Gasteiger partial charge in [0.25, 0.3) is 0 Å². The van der Waals surface area contributed by atoms with Crippen LogP contribution in [-0.2, 0) is 13.1 Å². The van der Waals surface area contributed by atoms with Gasteiger partial charge in [0.15, 0.2) is 5.65 Å². The first-order valence-electron chi connectivity index (χ1n) is 3.83. The minimum absolute atomic E-state index is 0.834. The molecule has 0 atom stereocenters. The van der Waals surface area contributed by atoms with E-state index < -0.39 is 0 Å². The highest BCUT2D eigenvalue weighted by molar-refractivity contribution is 5.50. The van der Waals surface area contributed by atoms with Gasteiger partial charge in [-0.25, -0.2) is 4.98 Å².